The number of halogens is 6. The summed E-state index contributed by atoms with van der Waals surface area (Å²) in [5.41, 5.74) is 1.54. The number of carbonyl (C=O) groups is 1. The Balaban J connectivity index is 0.000000227. The molecule has 0 amide bonds. The summed E-state index contributed by atoms with van der Waals surface area (Å²) >= 11 is 0. The zero-order valence-corrected chi connectivity index (χ0v) is 38.1. The number of aromatic nitrogens is 4. The van der Waals surface area contributed by atoms with Crippen LogP contribution in [-0.2, 0) is 36.8 Å². The SMILES string of the molecule is C.CCOC(=O)c1cn(-c2ccc(-c3cccc(S(C)(=O)=O)c3)cc2)c(-c2ccccc2C(F)(F)F)n1.[C-]#[N+]c1cn(-c2ccc(-c3cccc(S(C)(=O)=O)c3)cc2)c(-c2ccccc2C(F)(F)F)n1. The van der Waals surface area contributed by atoms with Gasteiger partial charge in [0.25, 0.3) is 5.82 Å². The van der Waals surface area contributed by atoms with Crippen LogP contribution in [0.15, 0.2) is 168 Å². The zero-order valence-electron chi connectivity index (χ0n) is 36.5. The number of sulfone groups is 2. The maximum atomic E-state index is 13.7. The van der Waals surface area contributed by atoms with Crippen molar-refractivity contribution < 1.29 is 52.7 Å². The molecule has 6 aromatic carbocycles. The van der Waals surface area contributed by atoms with Gasteiger partial charge in [-0.2, -0.15) is 26.3 Å². The maximum absolute atomic E-state index is 13.7. The van der Waals surface area contributed by atoms with Crippen LogP contribution in [0.2, 0.25) is 0 Å². The molecule has 0 aliphatic carbocycles. The summed E-state index contributed by atoms with van der Waals surface area (Å²) in [6.07, 6.45) is -4.25. The third-order valence-electron chi connectivity index (χ3n) is 10.4. The van der Waals surface area contributed by atoms with Gasteiger partial charge in [0.2, 0.25) is 5.82 Å². The molecule has 0 aliphatic rings. The minimum absolute atomic E-state index is 0. The van der Waals surface area contributed by atoms with E-state index in [1.54, 1.807) is 91.9 Å². The number of ether oxygens (including phenoxy) is 1. The van der Waals surface area contributed by atoms with Crippen molar-refractivity contribution in [3.05, 3.63) is 186 Å². The Hall–Kier alpha value is -7.82. The fourth-order valence-corrected chi connectivity index (χ4v) is 8.50. The van der Waals surface area contributed by atoms with E-state index in [0.717, 1.165) is 30.2 Å². The van der Waals surface area contributed by atoms with Crippen LogP contribution in [0.4, 0.5) is 32.2 Å². The Bertz CT molecular complexity index is 3470. The lowest BCUT2D eigenvalue weighted by Gasteiger charge is -2.14. The van der Waals surface area contributed by atoms with Gasteiger partial charge < -0.3 is 9.58 Å². The van der Waals surface area contributed by atoms with Crippen LogP contribution in [0.25, 0.3) is 61.2 Å². The molecule has 0 N–H and O–H groups in total. The first kappa shape index (κ1) is 51.6. The summed E-state index contributed by atoms with van der Waals surface area (Å²) in [5, 5.41) is 0. The molecular weight excluding hydrogens is 957 g/mol. The van der Waals surface area contributed by atoms with E-state index in [0.29, 0.717) is 28.1 Å². The molecule has 0 radical (unpaired) electrons. The van der Waals surface area contributed by atoms with Crippen LogP contribution in [-0.4, -0.2) is 61.0 Å². The van der Waals surface area contributed by atoms with Gasteiger partial charge in [-0.1, -0.05) is 97.8 Å². The molecule has 0 unspecified atom stereocenters. The zero-order chi connectivity index (χ0) is 49.9. The number of esters is 1. The second-order valence-corrected chi connectivity index (χ2v) is 19.3. The molecule has 0 aliphatic heterocycles. The molecular formula is C51H41F6N5O6S2. The number of imidazole rings is 2. The minimum Gasteiger partial charge on any atom is -0.461 e. The van der Waals surface area contributed by atoms with Gasteiger partial charge in [0, 0.05) is 41.8 Å². The molecule has 0 saturated heterocycles. The molecule has 360 valence electrons. The van der Waals surface area contributed by atoms with E-state index in [2.05, 4.69) is 14.8 Å². The Morgan fingerprint density at radius 3 is 1.40 bits per heavy atom. The number of benzene rings is 6. The summed E-state index contributed by atoms with van der Waals surface area (Å²) in [7, 11) is -6.76. The predicted octanol–water partition coefficient (Wildman–Crippen LogP) is 12.6. The standard InChI is InChI=1S/C26H21F3N2O4S.C24H16F3N3O2S.CH4/c1-3-35-25(32)23-16-31(24(30-23)21-9-4-5-10-22(21)26(27,28)29)19-13-11-17(12-14-19)18-7-6-8-20(15-18)36(2,33)34;1-28-22-15-30(23(29-22)20-8-3-4-9-21(20)24(25,26)27)18-12-10-16(11-13-18)17-6-5-7-19(14-17)33(2,31)32;/h4-16H,3H2,1-2H3;3-15H,2H3;1H4. The molecule has 0 fully saturated rings. The van der Waals surface area contributed by atoms with Gasteiger partial charge in [0.1, 0.15) is 5.82 Å². The highest BCUT2D eigenvalue weighted by atomic mass is 32.2. The molecule has 2 heterocycles. The highest BCUT2D eigenvalue weighted by Gasteiger charge is 2.36. The van der Waals surface area contributed by atoms with Gasteiger partial charge >= 0.3 is 18.3 Å². The third kappa shape index (κ3) is 11.5. The van der Waals surface area contributed by atoms with E-state index in [1.807, 2.05) is 0 Å². The molecule has 0 saturated carbocycles. The monoisotopic (exact) mass is 997 g/mol. The van der Waals surface area contributed by atoms with Crippen molar-refractivity contribution in [2.75, 3.05) is 19.1 Å². The van der Waals surface area contributed by atoms with Gasteiger partial charge in [0.05, 0.1) is 33.1 Å². The molecule has 2 aromatic heterocycles. The number of hydrogen-bond donors (Lipinski definition) is 0. The number of nitrogens with zero attached hydrogens (tertiary/aromatic N) is 5. The summed E-state index contributed by atoms with van der Waals surface area (Å²) in [6.45, 7) is 8.95. The molecule has 11 nitrogen and oxygen atoms in total. The van der Waals surface area contributed by atoms with Crippen LogP contribution >= 0.6 is 0 Å². The first-order valence-electron chi connectivity index (χ1n) is 20.4. The van der Waals surface area contributed by atoms with Crippen molar-refractivity contribution in [3.8, 4) is 56.4 Å². The van der Waals surface area contributed by atoms with Crippen molar-refractivity contribution >= 4 is 31.5 Å². The maximum Gasteiger partial charge on any atom is 0.417 e. The van der Waals surface area contributed by atoms with Gasteiger partial charge in [-0.3, -0.25) is 9.13 Å². The second kappa shape index (κ2) is 20.4. The van der Waals surface area contributed by atoms with Gasteiger partial charge in [-0.05, 0) is 95.9 Å². The summed E-state index contributed by atoms with van der Waals surface area (Å²) in [5.74, 6) is -0.860. The topological polar surface area (TPSA) is 135 Å². The molecule has 19 heteroatoms. The van der Waals surface area contributed by atoms with Crippen molar-refractivity contribution in [3.63, 3.8) is 0 Å². The van der Waals surface area contributed by atoms with E-state index < -0.39 is 49.1 Å². The molecule has 8 rings (SSSR count). The number of alkyl halides is 6. The van der Waals surface area contributed by atoms with E-state index in [-0.39, 0.29) is 58.1 Å². The number of rotatable bonds is 10. The molecule has 8 aromatic rings. The van der Waals surface area contributed by atoms with Crippen molar-refractivity contribution in [2.24, 2.45) is 0 Å². The largest absolute Gasteiger partial charge is 0.461 e. The van der Waals surface area contributed by atoms with Gasteiger partial charge in [-0.25, -0.2) is 26.6 Å². The summed E-state index contributed by atoms with van der Waals surface area (Å²) in [6, 6.07) is 36.5. The van der Waals surface area contributed by atoms with E-state index in [4.69, 9.17) is 11.3 Å². The predicted molar refractivity (Wildman–Crippen MR) is 254 cm³/mol. The smallest absolute Gasteiger partial charge is 0.417 e. The molecule has 0 spiro atoms. The lowest BCUT2D eigenvalue weighted by molar-refractivity contribution is -0.137. The van der Waals surface area contributed by atoms with E-state index in [9.17, 15) is 48.0 Å². The summed E-state index contributed by atoms with van der Waals surface area (Å²) in [4.78, 5) is 24.3. The molecule has 0 atom stereocenters. The van der Waals surface area contributed by atoms with Crippen molar-refractivity contribution in [1.82, 2.24) is 19.1 Å². The summed E-state index contributed by atoms with van der Waals surface area (Å²) < 4.78 is 137. The van der Waals surface area contributed by atoms with Gasteiger partial charge in [-0.15, -0.1) is 0 Å². The highest BCUT2D eigenvalue weighted by Crippen LogP contribution is 2.40. The Kier molecular flexibility index (Phi) is 15.0. The quantitative estimate of drug-likeness (QED) is 0.0751. The van der Waals surface area contributed by atoms with Crippen molar-refractivity contribution in [1.29, 1.82) is 0 Å². The van der Waals surface area contributed by atoms with Crippen LogP contribution in [0.3, 0.4) is 0 Å². The normalized spacial score (nSPS) is 11.7. The number of hydrogen-bond acceptors (Lipinski definition) is 8. The lowest BCUT2D eigenvalue weighted by Crippen LogP contribution is -2.09. The fourth-order valence-electron chi connectivity index (χ4n) is 7.17. The first-order chi connectivity index (χ1) is 32.6. The van der Waals surface area contributed by atoms with Crippen molar-refractivity contribution in [2.45, 2.75) is 36.5 Å². The van der Waals surface area contributed by atoms with E-state index in [1.165, 1.54) is 70.1 Å². The average Bonchev–Trinajstić information content (AvgIpc) is 3.97. The van der Waals surface area contributed by atoms with Gasteiger partial charge in [0.15, 0.2) is 25.4 Å². The Labute approximate surface area is 400 Å². The first-order valence-corrected chi connectivity index (χ1v) is 24.2. The van der Waals surface area contributed by atoms with Crippen LogP contribution in [0.5, 0.6) is 0 Å². The molecule has 0 bridgehead atoms. The fraction of sp³-hybridized carbons (Fsp3) is 0.137. The Morgan fingerprint density at radius 2 is 1.00 bits per heavy atom. The minimum atomic E-state index is -4.63. The second-order valence-electron chi connectivity index (χ2n) is 15.2. The number of carbonyl (C=O) groups excluding carboxylic acids is 1. The Morgan fingerprint density at radius 1 is 0.586 bits per heavy atom. The lowest BCUT2D eigenvalue weighted by atomic mass is 10.0. The van der Waals surface area contributed by atoms with Crippen LogP contribution in [0, 0.1) is 6.57 Å². The third-order valence-corrected chi connectivity index (χ3v) is 12.6. The van der Waals surface area contributed by atoms with E-state index >= 15 is 0 Å². The average molecular weight is 998 g/mol. The highest BCUT2D eigenvalue weighted by molar-refractivity contribution is 7.91. The van der Waals surface area contributed by atoms with Crippen LogP contribution in [0.1, 0.15) is 36.0 Å². The molecule has 70 heavy (non-hydrogen) atoms. The van der Waals surface area contributed by atoms with Crippen LogP contribution < -0.4 is 0 Å².